The summed E-state index contributed by atoms with van der Waals surface area (Å²) >= 11 is 0. The van der Waals surface area contributed by atoms with Gasteiger partial charge in [-0.3, -0.25) is 4.79 Å². The van der Waals surface area contributed by atoms with E-state index in [9.17, 15) is 4.79 Å². The molecule has 0 saturated heterocycles. The van der Waals surface area contributed by atoms with Crippen molar-refractivity contribution in [3.8, 4) is 0 Å². The average molecular weight is 330 g/mol. The van der Waals surface area contributed by atoms with Crippen LogP contribution >= 0.6 is 0 Å². The Morgan fingerprint density at radius 1 is 0.818 bits per heavy atom. The molecule has 0 aliphatic heterocycles. The molecule has 0 aromatic rings. The minimum Gasteiger partial charge on any atom is -0.394 e. The van der Waals surface area contributed by atoms with E-state index >= 15 is 0 Å². The number of carbonyl (C=O) groups is 1. The molecule has 6 atom stereocenters. The van der Waals surface area contributed by atoms with Crippen LogP contribution in [0, 0.1) is 0 Å². The molecule has 0 bridgehead atoms. The molecule has 0 spiro atoms. The second-order valence-electron chi connectivity index (χ2n) is 4.38. The van der Waals surface area contributed by atoms with E-state index in [0.29, 0.717) is 6.41 Å². The van der Waals surface area contributed by atoms with E-state index in [1.807, 2.05) is 0 Å². The zero-order valence-corrected chi connectivity index (χ0v) is 11.9. The van der Waals surface area contributed by atoms with Crippen molar-refractivity contribution in [2.45, 2.75) is 36.6 Å². The van der Waals surface area contributed by atoms with Crippen LogP contribution in [0.4, 0.5) is 0 Å². The molecule has 0 rings (SSSR count). The molecule has 0 aromatic heterocycles. The number of amides is 1. The summed E-state index contributed by atoms with van der Waals surface area (Å²) in [6, 6.07) is 0. The summed E-state index contributed by atoms with van der Waals surface area (Å²) in [5.41, 5.74) is 4.96. The van der Waals surface area contributed by atoms with Gasteiger partial charge in [-0.1, -0.05) is 0 Å². The number of carbonyl (C=O) groups excluding carboxylic acids is 1. The molecule has 0 radical (unpaired) electrons. The van der Waals surface area contributed by atoms with Crippen molar-refractivity contribution in [3.63, 3.8) is 0 Å². The average Bonchev–Trinajstić information content (AvgIpc) is 2.56. The monoisotopic (exact) mass is 330 g/mol. The van der Waals surface area contributed by atoms with E-state index in [1.165, 1.54) is 0 Å². The van der Waals surface area contributed by atoms with Crippen molar-refractivity contribution in [2.75, 3.05) is 26.3 Å². The number of hydrogen-bond acceptors (Lipinski definition) is 10. The van der Waals surface area contributed by atoms with Crippen molar-refractivity contribution in [1.82, 2.24) is 5.32 Å². The summed E-state index contributed by atoms with van der Waals surface area (Å²) in [6.45, 7) is -1.53. The maximum absolute atomic E-state index is 9.76. The summed E-state index contributed by atoms with van der Waals surface area (Å²) in [6.07, 6.45) is -7.63. The van der Waals surface area contributed by atoms with E-state index in [2.05, 4.69) is 5.32 Å². The van der Waals surface area contributed by atoms with Gasteiger partial charge >= 0.3 is 0 Å². The molecular formula is C11H26N2O9. The third-order valence-electron chi connectivity index (χ3n) is 2.60. The Labute approximate surface area is 127 Å². The Balaban J connectivity index is 0. The fourth-order valence-electron chi connectivity index (χ4n) is 1.16. The summed E-state index contributed by atoms with van der Waals surface area (Å²) in [5.74, 6) is 0. The number of hydrogen-bond donors (Lipinski definition) is 10. The molecule has 134 valence electrons. The van der Waals surface area contributed by atoms with Gasteiger partial charge in [0.2, 0.25) is 6.41 Å². The summed E-state index contributed by atoms with van der Waals surface area (Å²) in [4.78, 5) is 9.76. The van der Waals surface area contributed by atoms with E-state index in [4.69, 9.17) is 46.6 Å². The zero-order valence-electron chi connectivity index (χ0n) is 11.9. The Morgan fingerprint density at radius 3 is 1.55 bits per heavy atom. The molecule has 0 aromatic carbocycles. The normalized spacial score (nSPS) is 19.0. The summed E-state index contributed by atoms with van der Waals surface area (Å²) in [5, 5.41) is 71.9. The van der Waals surface area contributed by atoms with Gasteiger partial charge in [-0.25, -0.2) is 0 Å². The first-order valence-corrected chi connectivity index (χ1v) is 6.43. The Morgan fingerprint density at radius 2 is 1.23 bits per heavy atom. The minimum atomic E-state index is -1.46. The Kier molecular flexibility index (Phi) is 14.6. The molecule has 1 amide bonds. The Hall–Kier alpha value is -0.890. The van der Waals surface area contributed by atoms with Gasteiger partial charge in [-0.15, -0.1) is 0 Å². The number of rotatable bonds is 10. The molecule has 22 heavy (non-hydrogen) atoms. The smallest absolute Gasteiger partial charge is 0.207 e. The topological polar surface area (TPSA) is 217 Å². The van der Waals surface area contributed by atoms with Gasteiger partial charge in [0, 0.05) is 13.1 Å². The first-order chi connectivity index (χ1) is 10.3. The standard InChI is InChI=1S/C6H13NO5.C5H13NO4/c8-2-5(11)6(12)4(10)1-7-3-9;6-1-3(8)5(10)4(9)2-7/h3-6,8,10-12H,1-2H2,(H,7,9);3-5,7-10H,1-2,6H2/t4-,5-,6+;3-,4-,5+/m11/s1. The molecule has 0 heterocycles. The lowest BCUT2D eigenvalue weighted by Gasteiger charge is -2.20. The van der Waals surface area contributed by atoms with Gasteiger partial charge in [0.1, 0.15) is 24.4 Å². The van der Waals surface area contributed by atoms with Crippen LogP contribution < -0.4 is 11.1 Å². The lowest BCUT2D eigenvalue weighted by atomic mass is 10.1. The molecule has 0 fully saturated rings. The third kappa shape index (κ3) is 9.94. The van der Waals surface area contributed by atoms with Crippen LogP contribution in [0.15, 0.2) is 0 Å². The molecule has 0 aliphatic carbocycles. The first kappa shape index (κ1) is 23.4. The highest BCUT2D eigenvalue weighted by atomic mass is 16.4. The van der Waals surface area contributed by atoms with Crippen molar-refractivity contribution in [1.29, 1.82) is 0 Å². The maximum atomic E-state index is 9.76. The highest BCUT2D eigenvalue weighted by molar-refractivity contribution is 5.45. The van der Waals surface area contributed by atoms with Crippen LogP contribution in [-0.2, 0) is 4.79 Å². The van der Waals surface area contributed by atoms with Gasteiger partial charge in [-0.05, 0) is 0 Å². The number of aliphatic hydroxyl groups is 8. The summed E-state index contributed by atoms with van der Waals surface area (Å²) < 4.78 is 0. The van der Waals surface area contributed by atoms with Crippen molar-refractivity contribution in [2.24, 2.45) is 5.73 Å². The van der Waals surface area contributed by atoms with E-state index in [1.54, 1.807) is 0 Å². The summed E-state index contributed by atoms with van der Waals surface area (Å²) in [7, 11) is 0. The van der Waals surface area contributed by atoms with Crippen molar-refractivity contribution in [3.05, 3.63) is 0 Å². The molecule has 11 heteroatoms. The van der Waals surface area contributed by atoms with Crippen LogP contribution in [-0.4, -0.2) is 110 Å². The van der Waals surface area contributed by atoms with Gasteiger partial charge < -0.3 is 51.9 Å². The molecule has 11 N–H and O–H groups in total. The molecule has 0 aliphatic rings. The molecule has 0 unspecified atom stereocenters. The van der Waals surface area contributed by atoms with Crippen LogP contribution in [0.25, 0.3) is 0 Å². The number of nitrogens with one attached hydrogen (secondary N) is 1. The van der Waals surface area contributed by atoms with E-state index in [-0.39, 0.29) is 13.1 Å². The van der Waals surface area contributed by atoms with Gasteiger partial charge in [-0.2, -0.15) is 0 Å². The Bertz CT molecular complexity index is 262. The van der Waals surface area contributed by atoms with E-state index < -0.39 is 49.8 Å². The second-order valence-corrected chi connectivity index (χ2v) is 4.38. The number of nitrogens with two attached hydrogens (primary N) is 1. The second kappa shape index (κ2) is 13.8. The van der Waals surface area contributed by atoms with Gasteiger partial charge in [0.05, 0.1) is 25.4 Å². The van der Waals surface area contributed by atoms with Gasteiger partial charge in [0.25, 0.3) is 0 Å². The fraction of sp³-hybridized carbons (Fsp3) is 0.909. The highest BCUT2D eigenvalue weighted by Gasteiger charge is 2.23. The lowest BCUT2D eigenvalue weighted by molar-refractivity contribution is -0.111. The maximum Gasteiger partial charge on any atom is 0.207 e. The van der Waals surface area contributed by atoms with Crippen LogP contribution in [0.1, 0.15) is 0 Å². The number of aliphatic hydroxyl groups excluding tert-OH is 8. The molecule has 11 nitrogen and oxygen atoms in total. The third-order valence-corrected chi connectivity index (χ3v) is 2.60. The fourth-order valence-corrected chi connectivity index (χ4v) is 1.16. The van der Waals surface area contributed by atoms with Crippen molar-refractivity contribution < 1.29 is 45.6 Å². The lowest BCUT2D eigenvalue weighted by Crippen LogP contribution is -2.44. The molecule has 0 saturated carbocycles. The van der Waals surface area contributed by atoms with Gasteiger partial charge in [0.15, 0.2) is 0 Å². The predicted molar refractivity (Wildman–Crippen MR) is 73.3 cm³/mol. The predicted octanol–water partition coefficient (Wildman–Crippen LogP) is -6.17. The first-order valence-electron chi connectivity index (χ1n) is 6.43. The molecular weight excluding hydrogens is 304 g/mol. The zero-order chi connectivity index (χ0) is 17.7. The largest absolute Gasteiger partial charge is 0.394 e. The van der Waals surface area contributed by atoms with Crippen LogP contribution in [0.2, 0.25) is 0 Å². The quantitative estimate of drug-likeness (QED) is 0.171. The van der Waals surface area contributed by atoms with Crippen molar-refractivity contribution >= 4 is 6.41 Å². The highest BCUT2D eigenvalue weighted by Crippen LogP contribution is 1.98. The minimum absolute atomic E-state index is 0.141. The SMILES string of the molecule is NC[C@@H](O)[C@H](O)[C@H](O)CO.O=CNC[C@@H](O)[C@H](O)[C@H](O)CO. The van der Waals surface area contributed by atoms with Crippen LogP contribution in [0.3, 0.4) is 0 Å². The van der Waals surface area contributed by atoms with Crippen LogP contribution in [0.5, 0.6) is 0 Å². The van der Waals surface area contributed by atoms with E-state index in [0.717, 1.165) is 0 Å².